The fourth-order valence-corrected chi connectivity index (χ4v) is 4.50. The predicted molar refractivity (Wildman–Crippen MR) is 82.7 cm³/mol. The van der Waals surface area contributed by atoms with E-state index in [-0.39, 0.29) is 17.7 Å². The van der Waals surface area contributed by atoms with E-state index >= 15 is 0 Å². The van der Waals surface area contributed by atoms with Gasteiger partial charge in [-0.3, -0.25) is 9.59 Å². The maximum Gasteiger partial charge on any atom is 0.227 e. The number of hydrogen-bond acceptors (Lipinski definition) is 3. The SMILES string of the molecule is CCS[C@@H]1CC[C@H](N(C)C(=O)[C@@H]2CC(=O)N(CC)C2)C1. The summed E-state index contributed by atoms with van der Waals surface area (Å²) in [6.45, 7) is 5.48. The van der Waals surface area contributed by atoms with Crippen molar-refractivity contribution in [2.45, 2.75) is 50.8 Å². The molecule has 0 unspecified atom stereocenters. The van der Waals surface area contributed by atoms with Crippen molar-refractivity contribution in [3.63, 3.8) is 0 Å². The first kappa shape index (κ1) is 15.7. The summed E-state index contributed by atoms with van der Waals surface area (Å²) in [5, 5.41) is 0.706. The minimum absolute atomic E-state index is 0.120. The molecule has 1 saturated heterocycles. The van der Waals surface area contributed by atoms with Gasteiger partial charge in [-0.25, -0.2) is 0 Å². The van der Waals surface area contributed by atoms with Gasteiger partial charge in [0.1, 0.15) is 0 Å². The summed E-state index contributed by atoms with van der Waals surface area (Å²) in [5.41, 5.74) is 0. The van der Waals surface area contributed by atoms with Gasteiger partial charge in [-0.2, -0.15) is 11.8 Å². The number of amides is 2. The normalized spacial score (nSPS) is 30.1. The van der Waals surface area contributed by atoms with E-state index < -0.39 is 0 Å². The van der Waals surface area contributed by atoms with Gasteiger partial charge >= 0.3 is 0 Å². The molecule has 3 atom stereocenters. The second kappa shape index (κ2) is 6.83. The van der Waals surface area contributed by atoms with Gasteiger partial charge in [0.25, 0.3) is 0 Å². The highest BCUT2D eigenvalue weighted by Crippen LogP contribution is 2.33. The molecule has 1 saturated carbocycles. The largest absolute Gasteiger partial charge is 0.342 e. The minimum atomic E-state index is -0.120. The van der Waals surface area contributed by atoms with Crippen LogP contribution < -0.4 is 0 Å². The molecule has 4 nitrogen and oxygen atoms in total. The van der Waals surface area contributed by atoms with Crippen LogP contribution in [0.25, 0.3) is 0 Å². The van der Waals surface area contributed by atoms with Crippen molar-refractivity contribution in [1.82, 2.24) is 9.80 Å². The summed E-state index contributed by atoms with van der Waals surface area (Å²) < 4.78 is 0. The third-order valence-electron chi connectivity index (χ3n) is 4.60. The lowest BCUT2D eigenvalue weighted by Gasteiger charge is -2.27. The van der Waals surface area contributed by atoms with Crippen molar-refractivity contribution in [3.05, 3.63) is 0 Å². The highest BCUT2D eigenvalue weighted by molar-refractivity contribution is 7.99. The predicted octanol–water partition coefficient (Wildman–Crippen LogP) is 1.99. The van der Waals surface area contributed by atoms with Crippen molar-refractivity contribution in [3.8, 4) is 0 Å². The van der Waals surface area contributed by atoms with Crippen LogP contribution in [0.2, 0.25) is 0 Å². The number of rotatable bonds is 5. The average molecular weight is 298 g/mol. The van der Waals surface area contributed by atoms with E-state index in [1.54, 1.807) is 4.90 Å². The molecule has 0 bridgehead atoms. The number of thioether (sulfide) groups is 1. The molecule has 1 heterocycles. The number of likely N-dealkylation sites (tertiary alicyclic amines) is 1. The summed E-state index contributed by atoms with van der Waals surface area (Å²) in [7, 11) is 1.92. The molecule has 0 aromatic rings. The van der Waals surface area contributed by atoms with Gasteiger partial charge in [0.2, 0.25) is 11.8 Å². The smallest absolute Gasteiger partial charge is 0.227 e. The Bertz CT molecular complexity index is 375. The summed E-state index contributed by atoms with van der Waals surface area (Å²) in [4.78, 5) is 28.0. The van der Waals surface area contributed by atoms with Gasteiger partial charge in [0.05, 0.1) is 5.92 Å². The van der Waals surface area contributed by atoms with Crippen LogP contribution in [0.1, 0.15) is 39.5 Å². The highest BCUT2D eigenvalue weighted by atomic mass is 32.2. The monoisotopic (exact) mass is 298 g/mol. The van der Waals surface area contributed by atoms with Crippen molar-refractivity contribution in [1.29, 1.82) is 0 Å². The maximum absolute atomic E-state index is 12.5. The molecule has 0 N–H and O–H groups in total. The Morgan fingerprint density at radius 3 is 2.75 bits per heavy atom. The molecule has 2 fully saturated rings. The van der Waals surface area contributed by atoms with Crippen LogP contribution >= 0.6 is 11.8 Å². The van der Waals surface area contributed by atoms with E-state index in [0.29, 0.717) is 30.8 Å². The topological polar surface area (TPSA) is 40.6 Å². The van der Waals surface area contributed by atoms with Gasteiger partial charge in [-0.05, 0) is 31.9 Å². The number of hydrogen-bond donors (Lipinski definition) is 0. The molecule has 5 heteroatoms. The van der Waals surface area contributed by atoms with E-state index in [1.807, 2.05) is 30.6 Å². The fraction of sp³-hybridized carbons (Fsp3) is 0.867. The molecule has 2 amide bonds. The minimum Gasteiger partial charge on any atom is -0.342 e. The fourth-order valence-electron chi connectivity index (χ4n) is 3.37. The lowest BCUT2D eigenvalue weighted by atomic mass is 10.1. The third-order valence-corrected chi connectivity index (χ3v) is 5.83. The van der Waals surface area contributed by atoms with Crippen molar-refractivity contribution in [2.24, 2.45) is 5.92 Å². The summed E-state index contributed by atoms with van der Waals surface area (Å²) >= 11 is 2.01. The van der Waals surface area contributed by atoms with Crippen LogP contribution in [-0.4, -0.2) is 58.8 Å². The lowest BCUT2D eigenvalue weighted by Crippen LogP contribution is -2.40. The summed E-state index contributed by atoms with van der Waals surface area (Å²) in [6, 6.07) is 0.373. The second-order valence-electron chi connectivity index (χ2n) is 5.83. The van der Waals surface area contributed by atoms with E-state index in [0.717, 1.165) is 18.6 Å². The average Bonchev–Trinajstić information content (AvgIpc) is 3.04. The van der Waals surface area contributed by atoms with Gasteiger partial charge in [0.15, 0.2) is 0 Å². The van der Waals surface area contributed by atoms with Gasteiger partial charge in [-0.15, -0.1) is 0 Å². The third kappa shape index (κ3) is 3.30. The first-order valence-corrected chi connectivity index (χ1v) is 8.77. The van der Waals surface area contributed by atoms with Gasteiger partial charge in [-0.1, -0.05) is 6.92 Å². The van der Waals surface area contributed by atoms with Crippen LogP contribution in [0, 0.1) is 5.92 Å². The molecule has 0 aromatic carbocycles. The number of nitrogens with zero attached hydrogens (tertiary/aromatic N) is 2. The van der Waals surface area contributed by atoms with Crippen LogP contribution in [0.15, 0.2) is 0 Å². The molecule has 1 aliphatic heterocycles. The van der Waals surface area contributed by atoms with E-state index in [1.165, 1.54) is 6.42 Å². The Balaban J connectivity index is 1.88. The van der Waals surface area contributed by atoms with Crippen LogP contribution in [0.4, 0.5) is 0 Å². The molecule has 0 spiro atoms. The zero-order valence-corrected chi connectivity index (χ0v) is 13.6. The second-order valence-corrected chi connectivity index (χ2v) is 7.40. The molecule has 0 aromatic heterocycles. The first-order valence-electron chi connectivity index (χ1n) is 7.72. The molecule has 2 rings (SSSR count). The number of carbonyl (C=O) groups is 2. The summed E-state index contributed by atoms with van der Waals surface area (Å²) in [5.74, 6) is 1.33. The van der Waals surface area contributed by atoms with Crippen molar-refractivity contribution >= 4 is 23.6 Å². The Hall–Kier alpha value is -0.710. The molecule has 0 radical (unpaired) electrons. The summed E-state index contributed by atoms with van der Waals surface area (Å²) in [6.07, 6.45) is 3.83. The zero-order chi connectivity index (χ0) is 14.7. The number of carbonyl (C=O) groups excluding carboxylic acids is 2. The Morgan fingerprint density at radius 2 is 2.15 bits per heavy atom. The van der Waals surface area contributed by atoms with Gasteiger partial charge in [0, 0.05) is 37.8 Å². The standard InChI is InChI=1S/C15H26N2O2S/c1-4-17-10-11(8-14(17)18)15(19)16(3)12-6-7-13(9-12)20-5-2/h11-13H,4-10H2,1-3H3/t11-,12+,13-/m1/s1. The van der Waals surface area contributed by atoms with E-state index in [2.05, 4.69) is 6.92 Å². The van der Waals surface area contributed by atoms with Crippen LogP contribution in [0.3, 0.4) is 0 Å². The Kier molecular flexibility index (Phi) is 5.35. The zero-order valence-electron chi connectivity index (χ0n) is 12.8. The lowest BCUT2D eigenvalue weighted by molar-refractivity contribution is -0.136. The van der Waals surface area contributed by atoms with Crippen LogP contribution in [0.5, 0.6) is 0 Å². The molecule has 20 heavy (non-hydrogen) atoms. The molecular weight excluding hydrogens is 272 g/mol. The Morgan fingerprint density at radius 1 is 1.40 bits per heavy atom. The molecule has 114 valence electrons. The molecule has 1 aliphatic carbocycles. The van der Waals surface area contributed by atoms with Crippen LogP contribution in [-0.2, 0) is 9.59 Å². The first-order chi connectivity index (χ1) is 9.56. The highest BCUT2D eigenvalue weighted by Gasteiger charge is 2.38. The quantitative estimate of drug-likeness (QED) is 0.779. The van der Waals surface area contributed by atoms with Gasteiger partial charge < -0.3 is 9.80 Å². The van der Waals surface area contributed by atoms with E-state index in [9.17, 15) is 9.59 Å². The van der Waals surface area contributed by atoms with Crippen molar-refractivity contribution in [2.75, 3.05) is 25.9 Å². The van der Waals surface area contributed by atoms with E-state index in [4.69, 9.17) is 0 Å². The maximum atomic E-state index is 12.5. The molecule has 2 aliphatic rings. The molecular formula is C15H26N2O2S. The Labute approximate surface area is 126 Å². The van der Waals surface area contributed by atoms with Crippen molar-refractivity contribution < 1.29 is 9.59 Å².